The van der Waals surface area contributed by atoms with Crippen LogP contribution in [0.25, 0.3) is 0 Å². The topological polar surface area (TPSA) is 12.0 Å². The molecule has 17 heavy (non-hydrogen) atoms. The predicted octanol–water partition coefficient (Wildman–Crippen LogP) is 3.21. The molecule has 1 saturated heterocycles. The second-order valence-electron chi connectivity index (χ2n) is 4.28. The lowest BCUT2D eigenvalue weighted by molar-refractivity contribution is -0.318. The zero-order valence-electron chi connectivity index (χ0n) is 8.04. The van der Waals surface area contributed by atoms with Gasteiger partial charge in [0.1, 0.15) is 0 Å². The summed E-state index contributed by atoms with van der Waals surface area (Å²) in [6, 6.07) is -1.02. The number of hydrogen-bond donors (Lipinski definition) is 1. The van der Waals surface area contributed by atoms with Crippen LogP contribution in [0.15, 0.2) is 0 Å². The molecule has 0 aromatic heterocycles. The van der Waals surface area contributed by atoms with Crippen LogP contribution in [-0.4, -0.2) is 34.1 Å². The smallest absolute Gasteiger partial charge is 0.290 e. The van der Waals surface area contributed by atoms with Crippen molar-refractivity contribution in [3.05, 3.63) is 0 Å². The van der Waals surface area contributed by atoms with Crippen molar-refractivity contribution in [2.45, 2.75) is 40.6 Å². The molecule has 0 aromatic carbocycles. The first kappa shape index (κ1) is 13.7. The second kappa shape index (κ2) is 3.66. The summed E-state index contributed by atoms with van der Waals surface area (Å²) in [5.74, 6) is -1.70. The van der Waals surface area contributed by atoms with Gasteiger partial charge >= 0.3 is 12.4 Å². The van der Waals surface area contributed by atoms with E-state index in [1.54, 1.807) is 5.32 Å². The third kappa shape index (κ3) is 1.63. The van der Waals surface area contributed by atoms with Gasteiger partial charge in [0.05, 0.1) is 5.38 Å². The molecule has 1 nitrogen and oxygen atoms in total. The molecule has 1 heterocycles. The van der Waals surface area contributed by atoms with Gasteiger partial charge in [0.15, 0.2) is 0 Å². The molecule has 0 amide bonds. The van der Waals surface area contributed by atoms with Crippen LogP contribution in [0.4, 0.5) is 26.3 Å². The maximum Gasteiger partial charge on any atom is 0.415 e. The molecule has 2 bridgehead atoms. The van der Waals surface area contributed by atoms with E-state index in [-0.39, 0.29) is 6.42 Å². The van der Waals surface area contributed by atoms with Gasteiger partial charge in [0.2, 0.25) is 5.54 Å². The van der Waals surface area contributed by atoms with Crippen molar-refractivity contribution < 1.29 is 26.3 Å². The maximum atomic E-state index is 12.8. The van der Waals surface area contributed by atoms with Gasteiger partial charge in [-0.25, -0.2) is 0 Å². The molecule has 1 aliphatic carbocycles. The molecule has 2 rings (SSSR count). The van der Waals surface area contributed by atoms with Crippen LogP contribution in [-0.2, 0) is 0 Å². The van der Waals surface area contributed by atoms with Gasteiger partial charge in [-0.05, 0) is 6.42 Å². The van der Waals surface area contributed by atoms with Crippen LogP contribution in [0.1, 0.15) is 6.42 Å². The minimum atomic E-state index is -5.41. The molecule has 1 saturated carbocycles. The van der Waals surface area contributed by atoms with E-state index in [1.165, 1.54) is 0 Å². The molecule has 0 spiro atoms. The Hall–Kier alpha value is 0.310. The highest BCUT2D eigenvalue weighted by Gasteiger charge is 2.81. The molecule has 0 unspecified atom stereocenters. The standard InChI is InChI=1S/C8H7BrClF6N/c9-3-1-2-4(10)5(3)17-6(2,7(11,12)13)8(14,15)16/h2-5,17H,1H2/t2-,3-,4-,5-/m0/s1. The number of rotatable bonds is 0. The first-order valence-electron chi connectivity index (χ1n) is 4.71. The maximum absolute atomic E-state index is 12.8. The van der Waals surface area contributed by atoms with E-state index in [9.17, 15) is 26.3 Å². The van der Waals surface area contributed by atoms with Crippen molar-refractivity contribution in [1.82, 2.24) is 5.32 Å². The van der Waals surface area contributed by atoms with E-state index in [4.69, 9.17) is 11.6 Å². The highest BCUT2D eigenvalue weighted by atomic mass is 79.9. The zero-order chi connectivity index (χ0) is 13.2. The van der Waals surface area contributed by atoms with Gasteiger partial charge in [-0.1, -0.05) is 15.9 Å². The van der Waals surface area contributed by atoms with Gasteiger partial charge in [-0.2, -0.15) is 26.3 Å². The Morgan fingerprint density at radius 3 is 1.82 bits per heavy atom. The molecule has 1 aliphatic heterocycles. The average molecular weight is 346 g/mol. The Balaban J connectivity index is 2.48. The lowest BCUT2D eigenvalue weighted by atomic mass is 9.82. The van der Waals surface area contributed by atoms with E-state index in [0.717, 1.165) is 0 Å². The average Bonchev–Trinajstić information content (AvgIpc) is 2.53. The van der Waals surface area contributed by atoms with Crippen LogP contribution >= 0.6 is 27.5 Å². The first-order chi connectivity index (χ1) is 7.52. The van der Waals surface area contributed by atoms with Crippen LogP contribution in [0, 0.1) is 5.92 Å². The largest absolute Gasteiger partial charge is 0.415 e. The van der Waals surface area contributed by atoms with Crippen LogP contribution in [0.3, 0.4) is 0 Å². The highest BCUT2D eigenvalue weighted by Crippen LogP contribution is 2.59. The van der Waals surface area contributed by atoms with Crippen LogP contribution in [0.5, 0.6) is 0 Å². The number of hydrogen-bond acceptors (Lipinski definition) is 1. The number of fused-ring (bicyclic) bond motifs is 2. The molecule has 9 heteroatoms. The summed E-state index contributed by atoms with van der Waals surface area (Å²) in [6.07, 6.45) is -11.1. The van der Waals surface area contributed by atoms with Crippen LogP contribution in [0.2, 0.25) is 0 Å². The zero-order valence-corrected chi connectivity index (χ0v) is 10.4. The molecule has 4 atom stereocenters. The van der Waals surface area contributed by atoms with Crippen LogP contribution < -0.4 is 5.32 Å². The van der Waals surface area contributed by atoms with Gasteiger partial charge in [0.25, 0.3) is 0 Å². The lowest BCUT2D eigenvalue weighted by Crippen LogP contribution is -2.70. The Bertz CT molecular complexity index is 315. The third-order valence-corrected chi connectivity index (χ3v) is 4.96. The van der Waals surface area contributed by atoms with E-state index in [1.807, 2.05) is 0 Å². The third-order valence-electron chi connectivity index (χ3n) is 3.44. The quantitative estimate of drug-likeness (QED) is 0.525. The Morgan fingerprint density at radius 2 is 1.59 bits per heavy atom. The molecular formula is C8H7BrClF6N. The minimum Gasteiger partial charge on any atom is -0.290 e. The molecule has 100 valence electrons. The first-order valence-corrected chi connectivity index (χ1v) is 6.07. The van der Waals surface area contributed by atoms with E-state index < -0.39 is 40.1 Å². The van der Waals surface area contributed by atoms with E-state index >= 15 is 0 Å². The molecule has 2 fully saturated rings. The van der Waals surface area contributed by atoms with Crippen molar-refractivity contribution in [1.29, 1.82) is 0 Å². The van der Waals surface area contributed by atoms with Crippen molar-refractivity contribution in [2.75, 3.05) is 0 Å². The van der Waals surface area contributed by atoms with Crippen molar-refractivity contribution >= 4 is 27.5 Å². The summed E-state index contributed by atoms with van der Waals surface area (Å²) in [6.45, 7) is 0. The van der Waals surface area contributed by atoms with Crippen molar-refractivity contribution in [3.8, 4) is 0 Å². The Morgan fingerprint density at radius 1 is 1.12 bits per heavy atom. The van der Waals surface area contributed by atoms with Crippen molar-refractivity contribution in [2.24, 2.45) is 5.92 Å². The SMILES string of the molecule is FC(F)(F)C1(C(F)(F)F)N[C@@H]2[C@@H](Cl)[C@@H]1C[C@@H]2Br. The molecule has 0 aromatic rings. The molecular weight excluding hydrogens is 339 g/mol. The second-order valence-corrected chi connectivity index (χ2v) is 5.96. The number of halogens is 8. The van der Waals surface area contributed by atoms with E-state index in [2.05, 4.69) is 15.9 Å². The monoisotopic (exact) mass is 345 g/mol. The fourth-order valence-corrected chi connectivity index (χ4v) is 4.24. The molecule has 1 N–H and O–H groups in total. The number of nitrogens with one attached hydrogen (secondary N) is 1. The van der Waals surface area contributed by atoms with Gasteiger partial charge in [0, 0.05) is 16.8 Å². The van der Waals surface area contributed by atoms with Gasteiger partial charge < -0.3 is 0 Å². The highest BCUT2D eigenvalue weighted by molar-refractivity contribution is 9.09. The summed E-state index contributed by atoms with van der Waals surface area (Å²) < 4.78 is 76.9. The Kier molecular flexibility index (Phi) is 2.96. The lowest BCUT2D eigenvalue weighted by Gasteiger charge is -2.41. The minimum absolute atomic E-state index is 0.245. The fraction of sp³-hybridized carbons (Fsp3) is 1.00. The molecule has 0 radical (unpaired) electrons. The summed E-state index contributed by atoms with van der Waals surface area (Å²) in [5.41, 5.74) is -3.87. The van der Waals surface area contributed by atoms with Gasteiger partial charge in [-0.3, -0.25) is 5.32 Å². The fourth-order valence-electron chi connectivity index (χ4n) is 2.67. The predicted molar refractivity (Wildman–Crippen MR) is 52.2 cm³/mol. The summed E-state index contributed by atoms with van der Waals surface area (Å²) in [7, 11) is 0. The van der Waals surface area contributed by atoms with Crippen molar-refractivity contribution in [3.63, 3.8) is 0 Å². The number of piperidine rings is 1. The van der Waals surface area contributed by atoms with Gasteiger partial charge in [-0.15, -0.1) is 11.6 Å². The number of alkyl halides is 8. The summed E-state index contributed by atoms with van der Waals surface area (Å²) in [4.78, 5) is -0.465. The Labute approximate surface area is 106 Å². The normalized spacial score (nSPS) is 40.9. The summed E-state index contributed by atoms with van der Waals surface area (Å²) >= 11 is 8.71. The van der Waals surface area contributed by atoms with E-state index in [0.29, 0.717) is 0 Å². The summed E-state index contributed by atoms with van der Waals surface area (Å²) in [5, 5.41) is 0.476. The molecule has 2 aliphatic rings.